The highest BCUT2D eigenvalue weighted by molar-refractivity contribution is 4.95. The summed E-state index contributed by atoms with van der Waals surface area (Å²) in [6.07, 6.45) is 5.36. The van der Waals surface area contributed by atoms with Crippen LogP contribution in [-0.4, -0.2) is 61.8 Å². The molecule has 3 nitrogen and oxygen atoms in total. The van der Waals surface area contributed by atoms with E-state index in [9.17, 15) is 0 Å². The number of hydrogen-bond donors (Lipinski definition) is 0. The third kappa shape index (κ3) is 4.41. The summed E-state index contributed by atoms with van der Waals surface area (Å²) in [5, 5.41) is 0. The first kappa shape index (κ1) is 13.1. The first-order valence-electron chi connectivity index (χ1n) is 6.94. The van der Waals surface area contributed by atoms with Gasteiger partial charge in [0.1, 0.15) is 0 Å². The first-order valence-corrected chi connectivity index (χ1v) is 6.94. The van der Waals surface area contributed by atoms with Crippen molar-refractivity contribution in [2.75, 3.05) is 45.9 Å². The van der Waals surface area contributed by atoms with Crippen molar-refractivity contribution in [3.05, 3.63) is 11.6 Å². The van der Waals surface area contributed by atoms with Gasteiger partial charge in [-0.1, -0.05) is 11.6 Å². The molecule has 2 heterocycles. The van der Waals surface area contributed by atoms with Gasteiger partial charge in [-0.15, -0.1) is 0 Å². The highest BCUT2D eigenvalue weighted by atomic mass is 16.5. The molecule has 0 bridgehead atoms. The molecular weight excluding hydrogens is 212 g/mol. The largest absolute Gasteiger partial charge is 0.377 e. The molecule has 0 aromatic heterocycles. The standard InChI is InChI=1S/C14H26N2O/c1-13(2)5-6-15-7-9-16(10-8-15)12-14-4-3-11-17-14/h5,14H,3-4,6-12H2,1-2H3/t14-/m0/s1. The van der Waals surface area contributed by atoms with Gasteiger partial charge in [-0.2, -0.15) is 0 Å². The highest BCUT2D eigenvalue weighted by Gasteiger charge is 2.22. The Kier molecular flexibility index (Phi) is 5.01. The van der Waals surface area contributed by atoms with Gasteiger partial charge in [-0.05, 0) is 26.7 Å². The van der Waals surface area contributed by atoms with Gasteiger partial charge in [-0.25, -0.2) is 0 Å². The summed E-state index contributed by atoms with van der Waals surface area (Å²) in [6.45, 7) is 12.4. The molecule has 2 saturated heterocycles. The lowest BCUT2D eigenvalue weighted by molar-refractivity contribution is 0.0526. The Morgan fingerprint density at radius 3 is 2.47 bits per heavy atom. The molecule has 0 aliphatic carbocycles. The average Bonchev–Trinajstić information content (AvgIpc) is 2.81. The van der Waals surface area contributed by atoms with Crippen molar-refractivity contribution < 1.29 is 4.74 Å². The Morgan fingerprint density at radius 1 is 1.18 bits per heavy atom. The zero-order valence-corrected chi connectivity index (χ0v) is 11.3. The third-order valence-electron chi connectivity index (χ3n) is 3.71. The number of allylic oxidation sites excluding steroid dienone is 1. The highest BCUT2D eigenvalue weighted by Crippen LogP contribution is 2.14. The molecule has 17 heavy (non-hydrogen) atoms. The molecule has 2 aliphatic rings. The minimum absolute atomic E-state index is 0.513. The van der Waals surface area contributed by atoms with Gasteiger partial charge < -0.3 is 4.74 Å². The molecule has 0 unspecified atom stereocenters. The molecule has 2 rings (SSSR count). The maximum absolute atomic E-state index is 5.70. The Morgan fingerprint density at radius 2 is 1.88 bits per heavy atom. The Bertz CT molecular complexity index is 247. The molecule has 0 N–H and O–H groups in total. The van der Waals surface area contributed by atoms with Gasteiger partial charge in [-0.3, -0.25) is 9.80 Å². The summed E-state index contributed by atoms with van der Waals surface area (Å²) in [4.78, 5) is 5.11. The third-order valence-corrected chi connectivity index (χ3v) is 3.71. The number of hydrogen-bond acceptors (Lipinski definition) is 3. The molecule has 0 aromatic carbocycles. The van der Waals surface area contributed by atoms with Crippen LogP contribution in [0.1, 0.15) is 26.7 Å². The molecule has 3 heteroatoms. The van der Waals surface area contributed by atoms with E-state index in [1.807, 2.05) is 0 Å². The molecule has 2 fully saturated rings. The van der Waals surface area contributed by atoms with E-state index in [0.717, 1.165) is 19.7 Å². The summed E-state index contributed by atoms with van der Waals surface area (Å²) < 4.78 is 5.70. The molecule has 98 valence electrons. The van der Waals surface area contributed by atoms with Crippen LogP contribution in [0.4, 0.5) is 0 Å². The molecule has 0 radical (unpaired) electrons. The monoisotopic (exact) mass is 238 g/mol. The Labute approximate surface area is 105 Å². The SMILES string of the molecule is CC(C)=CCN1CCN(C[C@@H]2CCCO2)CC1. The number of ether oxygens (including phenoxy) is 1. The maximum Gasteiger partial charge on any atom is 0.0702 e. The molecule has 0 spiro atoms. The van der Waals surface area contributed by atoms with Crippen LogP contribution < -0.4 is 0 Å². The maximum atomic E-state index is 5.70. The second kappa shape index (κ2) is 6.53. The van der Waals surface area contributed by atoms with Gasteiger partial charge >= 0.3 is 0 Å². The number of piperazine rings is 1. The molecule has 0 aromatic rings. The van der Waals surface area contributed by atoms with Gasteiger partial charge in [0.05, 0.1) is 6.10 Å². The van der Waals surface area contributed by atoms with E-state index in [2.05, 4.69) is 29.7 Å². The average molecular weight is 238 g/mol. The van der Waals surface area contributed by atoms with Crippen LogP contribution in [0.5, 0.6) is 0 Å². The minimum atomic E-state index is 0.513. The van der Waals surface area contributed by atoms with Crippen LogP contribution in [0.3, 0.4) is 0 Å². The lowest BCUT2D eigenvalue weighted by Crippen LogP contribution is -2.48. The predicted octanol–water partition coefficient (Wildman–Crippen LogP) is 1.75. The van der Waals surface area contributed by atoms with Gasteiger partial charge in [0.15, 0.2) is 0 Å². The van der Waals surface area contributed by atoms with E-state index < -0.39 is 0 Å². The summed E-state index contributed by atoms with van der Waals surface area (Å²) >= 11 is 0. The summed E-state index contributed by atoms with van der Waals surface area (Å²) in [6, 6.07) is 0. The number of nitrogens with zero attached hydrogens (tertiary/aromatic N) is 2. The summed E-state index contributed by atoms with van der Waals surface area (Å²) in [5.74, 6) is 0. The molecular formula is C14H26N2O. The quantitative estimate of drug-likeness (QED) is 0.694. The first-order chi connectivity index (χ1) is 8.24. The fraction of sp³-hybridized carbons (Fsp3) is 0.857. The molecule has 0 amide bonds. The van der Waals surface area contributed by atoms with Crippen molar-refractivity contribution in [2.45, 2.75) is 32.8 Å². The fourth-order valence-corrected chi connectivity index (χ4v) is 2.54. The van der Waals surface area contributed by atoms with Crippen LogP contribution in [0, 0.1) is 0 Å². The topological polar surface area (TPSA) is 15.7 Å². The lowest BCUT2D eigenvalue weighted by atomic mass is 10.2. The molecule has 0 saturated carbocycles. The smallest absolute Gasteiger partial charge is 0.0702 e. The van der Waals surface area contributed by atoms with Crippen LogP contribution in [0.25, 0.3) is 0 Å². The number of rotatable bonds is 4. The molecule has 1 atom stereocenters. The minimum Gasteiger partial charge on any atom is -0.377 e. The van der Waals surface area contributed by atoms with E-state index in [1.165, 1.54) is 44.6 Å². The van der Waals surface area contributed by atoms with Crippen molar-refractivity contribution in [1.29, 1.82) is 0 Å². The van der Waals surface area contributed by atoms with Gasteiger partial charge in [0, 0.05) is 45.9 Å². The van der Waals surface area contributed by atoms with E-state index >= 15 is 0 Å². The Hall–Kier alpha value is -0.380. The van der Waals surface area contributed by atoms with Crippen molar-refractivity contribution in [1.82, 2.24) is 9.80 Å². The van der Waals surface area contributed by atoms with E-state index in [-0.39, 0.29) is 0 Å². The van der Waals surface area contributed by atoms with Crippen LogP contribution in [0.2, 0.25) is 0 Å². The second-order valence-corrected chi connectivity index (χ2v) is 5.52. The zero-order valence-electron chi connectivity index (χ0n) is 11.3. The van der Waals surface area contributed by atoms with Crippen molar-refractivity contribution in [3.63, 3.8) is 0 Å². The van der Waals surface area contributed by atoms with Crippen molar-refractivity contribution in [2.24, 2.45) is 0 Å². The molecule has 2 aliphatic heterocycles. The summed E-state index contributed by atoms with van der Waals surface area (Å²) in [7, 11) is 0. The van der Waals surface area contributed by atoms with Crippen molar-refractivity contribution in [3.8, 4) is 0 Å². The second-order valence-electron chi connectivity index (χ2n) is 5.52. The Balaban J connectivity index is 1.65. The van der Waals surface area contributed by atoms with Crippen LogP contribution in [0.15, 0.2) is 11.6 Å². The van der Waals surface area contributed by atoms with E-state index in [1.54, 1.807) is 0 Å². The normalized spacial score (nSPS) is 27.3. The van der Waals surface area contributed by atoms with Crippen molar-refractivity contribution >= 4 is 0 Å². The fourth-order valence-electron chi connectivity index (χ4n) is 2.54. The lowest BCUT2D eigenvalue weighted by Gasteiger charge is -2.35. The predicted molar refractivity (Wildman–Crippen MR) is 71.3 cm³/mol. The van der Waals surface area contributed by atoms with Gasteiger partial charge in [0.2, 0.25) is 0 Å². The van der Waals surface area contributed by atoms with Gasteiger partial charge in [0.25, 0.3) is 0 Å². The van der Waals surface area contributed by atoms with E-state index in [4.69, 9.17) is 4.74 Å². The van der Waals surface area contributed by atoms with Crippen LogP contribution >= 0.6 is 0 Å². The van der Waals surface area contributed by atoms with E-state index in [0.29, 0.717) is 6.10 Å². The van der Waals surface area contributed by atoms with Crippen LogP contribution in [-0.2, 0) is 4.74 Å². The zero-order chi connectivity index (χ0) is 12.1. The summed E-state index contributed by atoms with van der Waals surface area (Å²) in [5.41, 5.74) is 1.42.